The number of sulfone groups is 1. The minimum absolute atomic E-state index is 0.135. The van der Waals surface area contributed by atoms with Crippen molar-refractivity contribution < 1.29 is 18.0 Å². The summed E-state index contributed by atoms with van der Waals surface area (Å²) < 4.78 is 23.0. The lowest BCUT2D eigenvalue weighted by Gasteiger charge is -2.03. The van der Waals surface area contributed by atoms with Crippen LogP contribution in [0.5, 0.6) is 0 Å². The van der Waals surface area contributed by atoms with Gasteiger partial charge in [-0.05, 0) is 24.3 Å². The topological polar surface area (TPSA) is 93.2 Å². The first kappa shape index (κ1) is 18.9. The molecule has 0 bridgehead atoms. The predicted octanol–water partition coefficient (Wildman–Crippen LogP) is 3.67. The summed E-state index contributed by atoms with van der Waals surface area (Å²) in [4.78, 5) is 29.4. The summed E-state index contributed by atoms with van der Waals surface area (Å²) in [5.74, 6) is -0.567. The molecule has 0 saturated heterocycles. The van der Waals surface area contributed by atoms with Crippen molar-refractivity contribution in [3.8, 4) is 11.3 Å². The first-order valence-electron chi connectivity index (χ1n) is 7.94. The predicted molar refractivity (Wildman–Crippen MR) is 105 cm³/mol. The molecule has 0 spiro atoms. The number of Topliss-reactive ketones (excluding diaryl/α,β-unsaturated/α-hetero) is 1. The van der Waals surface area contributed by atoms with E-state index in [2.05, 4.69) is 10.3 Å². The molecule has 1 heterocycles. The summed E-state index contributed by atoms with van der Waals surface area (Å²) in [5.41, 5.74) is 1.61. The molecule has 0 fully saturated rings. The fourth-order valence-corrected chi connectivity index (χ4v) is 3.94. The van der Waals surface area contributed by atoms with Crippen molar-refractivity contribution in [1.29, 1.82) is 0 Å². The van der Waals surface area contributed by atoms with E-state index >= 15 is 0 Å². The van der Waals surface area contributed by atoms with Crippen LogP contribution in [0.15, 0.2) is 59.5 Å². The zero-order valence-electron chi connectivity index (χ0n) is 14.6. The number of rotatable bonds is 5. The number of hydrogen-bond acceptors (Lipinski definition) is 6. The second kappa shape index (κ2) is 7.42. The Balaban J connectivity index is 1.87. The van der Waals surface area contributed by atoms with Crippen LogP contribution in [0.25, 0.3) is 11.3 Å². The second-order valence-corrected chi connectivity index (χ2v) is 8.88. The normalized spacial score (nSPS) is 11.2. The van der Waals surface area contributed by atoms with Crippen LogP contribution in [0.1, 0.15) is 27.0 Å². The molecular formula is C19H16N2O4S2. The summed E-state index contributed by atoms with van der Waals surface area (Å²) in [6.45, 7) is 1.45. The number of nitrogens with one attached hydrogen (secondary N) is 1. The molecule has 0 atom stereocenters. The van der Waals surface area contributed by atoms with E-state index in [1.54, 1.807) is 0 Å². The molecule has 1 amide bonds. The van der Waals surface area contributed by atoms with E-state index in [9.17, 15) is 18.0 Å². The van der Waals surface area contributed by atoms with Crippen molar-refractivity contribution in [3.63, 3.8) is 0 Å². The third-order valence-corrected chi connectivity index (χ3v) is 5.96. The number of thiazole rings is 1. The van der Waals surface area contributed by atoms with Gasteiger partial charge in [0.05, 0.1) is 15.5 Å². The van der Waals surface area contributed by atoms with Crippen LogP contribution in [-0.2, 0) is 9.84 Å². The third-order valence-electron chi connectivity index (χ3n) is 3.76. The van der Waals surface area contributed by atoms with Crippen LogP contribution in [0.3, 0.4) is 0 Å². The zero-order chi connectivity index (χ0) is 19.6. The Kier molecular flexibility index (Phi) is 5.20. The SMILES string of the molecule is CC(=O)c1sc(NC(=O)c2ccc(S(C)(=O)=O)cc2)nc1-c1ccccc1. The average Bonchev–Trinajstić information content (AvgIpc) is 3.06. The minimum Gasteiger partial charge on any atom is -0.298 e. The summed E-state index contributed by atoms with van der Waals surface area (Å²) in [6, 6.07) is 14.9. The van der Waals surface area contributed by atoms with E-state index in [-0.39, 0.29) is 10.7 Å². The quantitative estimate of drug-likeness (QED) is 0.660. The summed E-state index contributed by atoms with van der Waals surface area (Å²) in [6.07, 6.45) is 1.10. The number of nitrogens with zero attached hydrogens (tertiary/aromatic N) is 1. The molecule has 3 aromatic rings. The molecule has 1 aromatic heterocycles. The molecule has 3 rings (SSSR count). The summed E-state index contributed by atoms with van der Waals surface area (Å²) >= 11 is 1.10. The maximum absolute atomic E-state index is 12.4. The lowest BCUT2D eigenvalue weighted by atomic mass is 10.1. The molecule has 0 radical (unpaired) electrons. The van der Waals surface area contributed by atoms with Crippen molar-refractivity contribution >= 4 is 38.0 Å². The van der Waals surface area contributed by atoms with Crippen LogP contribution in [0, 0.1) is 0 Å². The molecule has 27 heavy (non-hydrogen) atoms. The zero-order valence-corrected chi connectivity index (χ0v) is 16.2. The van der Waals surface area contributed by atoms with Crippen molar-refractivity contribution in [2.45, 2.75) is 11.8 Å². The van der Waals surface area contributed by atoms with Gasteiger partial charge in [-0.2, -0.15) is 0 Å². The highest BCUT2D eigenvalue weighted by Crippen LogP contribution is 2.31. The van der Waals surface area contributed by atoms with Gasteiger partial charge in [-0.15, -0.1) is 0 Å². The molecule has 0 unspecified atom stereocenters. The molecular weight excluding hydrogens is 384 g/mol. The lowest BCUT2D eigenvalue weighted by molar-refractivity contribution is 0.101. The number of aromatic nitrogens is 1. The van der Waals surface area contributed by atoms with Gasteiger partial charge in [0.2, 0.25) is 0 Å². The molecule has 0 saturated carbocycles. The molecule has 1 N–H and O–H groups in total. The van der Waals surface area contributed by atoms with Gasteiger partial charge in [0.25, 0.3) is 5.91 Å². The summed E-state index contributed by atoms with van der Waals surface area (Å²) in [5, 5.41) is 2.97. The highest BCUT2D eigenvalue weighted by molar-refractivity contribution is 7.90. The lowest BCUT2D eigenvalue weighted by Crippen LogP contribution is -2.11. The van der Waals surface area contributed by atoms with E-state index in [0.717, 1.165) is 23.2 Å². The Hall–Kier alpha value is -2.84. The number of amides is 1. The highest BCUT2D eigenvalue weighted by atomic mass is 32.2. The van der Waals surface area contributed by atoms with Gasteiger partial charge in [-0.3, -0.25) is 14.9 Å². The van der Waals surface area contributed by atoms with Gasteiger partial charge in [0, 0.05) is 24.3 Å². The van der Waals surface area contributed by atoms with Crippen LogP contribution >= 0.6 is 11.3 Å². The highest BCUT2D eigenvalue weighted by Gasteiger charge is 2.18. The molecule has 0 aliphatic carbocycles. The Bertz CT molecular complexity index is 1100. The first-order valence-corrected chi connectivity index (χ1v) is 10.6. The Labute approximate surface area is 160 Å². The number of hydrogen-bond donors (Lipinski definition) is 1. The van der Waals surface area contributed by atoms with Crippen LogP contribution in [0.2, 0.25) is 0 Å². The number of benzene rings is 2. The standard InChI is InChI=1S/C19H16N2O4S2/c1-12(22)17-16(13-6-4-3-5-7-13)20-19(26-17)21-18(23)14-8-10-15(11-9-14)27(2,24)25/h3-11H,1-2H3,(H,20,21,23). The summed E-state index contributed by atoms with van der Waals surface area (Å²) in [7, 11) is -3.33. The van der Waals surface area contributed by atoms with Crippen LogP contribution in [0.4, 0.5) is 5.13 Å². The molecule has 8 heteroatoms. The number of carbonyl (C=O) groups excluding carboxylic acids is 2. The fourth-order valence-electron chi connectivity index (χ4n) is 2.43. The Morgan fingerprint density at radius 2 is 1.63 bits per heavy atom. The fraction of sp³-hybridized carbons (Fsp3) is 0.105. The minimum atomic E-state index is -3.33. The number of anilines is 1. The van der Waals surface area contributed by atoms with Crippen molar-refractivity contribution in [2.75, 3.05) is 11.6 Å². The van der Waals surface area contributed by atoms with Gasteiger partial charge >= 0.3 is 0 Å². The Morgan fingerprint density at radius 1 is 1.00 bits per heavy atom. The molecule has 0 aliphatic heterocycles. The largest absolute Gasteiger partial charge is 0.298 e. The van der Waals surface area contributed by atoms with E-state index in [1.807, 2.05) is 30.3 Å². The molecule has 2 aromatic carbocycles. The van der Waals surface area contributed by atoms with Gasteiger partial charge in [0.15, 0.2) is 20.8 Å². The average molecular weight is 400 g/mol. The van der Waals surface area contributed by atoms with E-state index in [1.165, 1.54) is 31.2 Å². The third kappa shape index (κ3) is 4.29. The van der Waals surface area contributed by atoms with E-state index in [4.69, 9.17) is 0 Å². The van der Waals surface area contributed by atoms with Gasteiger partial charge < -0.3 is 0 Å². The van der Waals surface area contributed by atoms with E-state index in [0.29, 0.717) is 21.3 Å². The molecule has 6 nitrogen and oxygen atoms in total. The smallest absolute Gasteiger partial charge is 0.257 e. The number of ketones is 1. The maximum Gasteiger partial charge on any atom is 0.257 e. The van der Waals surface area contributed by atoms with Crippen molar-refractivity contribution in [1.82, 2.24) is 4.98 Å². The van der Waals surface area contributed by atoms with Gasteiger partial charge in [-0.1, -0.05) is 41.7 Å². The second-order valence-electron chi connectivity index (χ2n) is 5.87. The monoisotopic (exact) mass is 400 g/mol. The molecule has 138 valence electrons. The first-order chi connectivity index (χ1) is 12.8. The van der Waals surface area contributed by atoms with Crippen molar-refractivity contribution in [3.05, 3.63) is 65.0 Å². The Morgan fingerprint density at radius 3 is 2.19 bits per heavy atom. The van der Waals surface area contributed by atoms with E-state index < -0.39 is 15.7 Å². The van der Waals surface area contributed by atoms with Crippen LogP contribution < -0.4 is 5.32 Å². The maximum atomic E-state index is 12.4. The number of carbonyl (C=O) groups is 2. The van der Waals surface area contributed by atoms with Gasteiger partial charge in [0.1, 0.15) is 0 Å². The van der Waals surface area contributed by atoms with Gasteiger partial charge in [-0.25, -0.2) is 13.4 Å². The van der Waals surface area contributed by atoms with Crippen LogP contribution in [-0.4, -0.2) is 31.3 Å². The molecule has 0 aliphatic rings. The van der Waals surface area contributed by atoms with Crippen molar-refractivity contribution in [2.24, 2.45) is 0 Å².